The Kier molecular flexibility index (Phi) is 5.28. The molecule has 3 aliphatic heterocycles. The van der Waals surface area contributed by atoms with Crippen LogP contribution in [0.4, 0.5) is 5.69 Å². The molecule has 5 rings (SSSR count). The fourth-order valence-corrected chi connectivity index (χ4v) is 8.02. The minimum Gasteiger partial charge on any atom is -0.341 e. The van der Waals surface area contributed by atoms with Crippen molar-refractivity contribution >= 4 is 46.5 Å². The highest BCUT2D eigenvalue weighted by atomic mass is 32.2. The predicted octanol–water partition coefficient (Wildman–Crippen LogP) is 2.86. The monoisotopic (exact) mass is 471 g/mol. The fourth-order valence-electron chi connectivity index (χ4n) is 4.98. The second-order valence-electron chi connectivity index (χ2n) is 9.12. The average Bonchev–Trinajstić information content (AvgIpc) is 3.24. The molecule has 2 unspecified atom stereocenters. The molecule has 0 radical (unpaired) electrons. The number of carbonyl (C=O) groups is 3. The molecule has 7 nitrogen and oxygen atoms in total. The number of anilines is 1. The third-order valence-corrected chi connectivity index (χ3v) is 9.54. The number of aromatic nitrogens is 1. The van der Waals surface area contributed by atoms with Crippen LogP contribution in [0.3, 0.4) is 0 Å². The number of para-hydroxylation sites is 1. The van der Waals surface area contributed by atoms with Gasteiger partial charge in [0.2, 0.25) is 17.7 Å². The fraction of sp³-hybridized carbons (Fsp3) is 0.478. The van der Waals surface area contributed by atoms with Gasteiger partial charge in [0, 0.05) is 23.4 Å². The molecule has 1 aromatic carbocycles. The van der Waals surface area contributed by atoms with Crippen molar-refractivity contribution in [1.82, 2.24) is 9.47 Å². The summed E-state index contributed by atoms with van der Waals surface area (Å²) in [6.45, 7) is 5.28. The van der Waals surface area contributed by atoms with Crippen LogP contribution in [-0.4, -0.2) is 45.5 Å². The van der Waals surface area contributed by atoms with Gasteiger partial charge < -0.3 is 4.90 Å². The molecule has 0 bridgehead atoms. The molecule has 3 amide bonds. The predicted molar refractivity (Wildman–Crippen MR) is 124 cm³/mol. The minimum absolute atomic E-state index is 0.0182. The van der Waals surface area contributed by atoms with Gasteiger partial charge in [-0.05, 0) is 31.4 Å². The maximum Gasteiger partial charge on any atom is 0.308 e. The number of likely N-dealkylation sites (tertiary alicyclic amines) is 1. The number of benzene rings is 1. The van der Waals surface area contributed by atoms with Gasteiger partial charge in [-0.3, -0.25) is 23.7 Å². The highest BCUT2D eigenvalue weighted by Gasteiger charge is 2.59. The quantitative estimate of drug-likeness (QED) is 0.643. The van der Waals surface area contributed by atoms with Crippen LogP contribution in [0.1, 0.15) is 38.0 Å². The van der Waals surface area contributed by atoms with E-state index in [0.29, 0.717) is 10.7 Å². The first-order chi connectivity index (χ1) is 15.3. The zero-order valence-electron chi connectivity index (χ0n) is 18.1. The van der Waals surface area contributed by atoms with Crippen molar-refractivity contribution in [3.05, 3.63) is 44.9 Å². The highest BCUT2D eigenvalue weighted by Crippen LogP contribution is 2.54. The minimum atomic E-state index is -0.690. The molecular weight excluding hydrogens is 446 g/mol. The van der Waals surface area contributed by atoms with E-state index in [2.05, 4.69) is 0 Å². The van der Waals surface area contributed by atoms with Gasteiger partial charge in [0.25, 0.3) is 0 Å². The van der Waals surface area contributed by atoms with Crippen LogP contribution in [0.2, 0.25) is 0 Å². The molecule has 1 aromatic heterocycles. The molecule has 0 aliphatic carbocycles. The lowest BCUT2D eigenvalue weighted by Crippen LogP contribution is -2.42. The number of thioether (sulfide) groups is 1. The molecule has 0 spiro atoms. The molecule has 2 saturated heterocycles. The van der Waals surface area contributed by atoms with Crippen LogP contribution in [0.15, 0.2) is 40.2 Å². The third-order valence-electron chi connectivity index (χ3n) is 6.72. The van der Waals surface area contributed by atoms with Crippen molar-refractivity contribution < 1.29 is 14.4 Å². The molecule has 9 heteroatoms. The van der Waals surface area contributed by atoms with E-state index >= 15 is 0 Å². The van der Waals surface area contributed by atoms with E-state index < -0.39 is 16.6 Å². The summed E-state index contributed by atoms with van der Waals surface area (Å²) >= 11 is 2.36. The Bertz CT molecular complexity index is 1150. The van der Waals surface area contributed by atoms with Gasteiger partial charge in [0.05, 0.1) is 16.6 Å². The molecule has 168 valence electrons. The van der Waals surface area contributed by atoms with Crippen molar-refractivity contribution in [3.63, 3.8) is 0 Å². The standard InChI is InChI=1S/C23H25N3O4S2/c1-23(2)16-17(20(29)26(19(16)28)14-9-5-3-6-10-14)31-21-18(23)32-22(30)25(21)13-15(27)24-11-7-4-8-12-24/h3,5-6,9-10,16-17H,4,7-8,11-13H2,1-2H3. The largest absolute Gasteiger partial charge is 0.341 e. The van der Waals surface area contributed by atoms with E-state index in [-0.39, 0.29) is 29.1 Å². The van der Waals surface area contributed by atoms with Crippen LogP contribution in [0.5, 0.6) is 0 Å². The van der Waals surface area contributed by atoms with Crippen molar-refractivity contribution in [2.24, 2.45) is 5.92 Å². The van der Waals surface area contributed by atoms with E-state index in [1.807, 2.05) is 24.8 Å². The van der Waals surface area contributed by atoms with Gasteiger partial charge in [0.15, 0.2) is 0 Å². The lowest BCUT2D eigenvalue weighted by Gasteiger charge is -2.36. The molecule has 4 heterocycles. The summed E-state index contributed by atoms with van der Waals surface area (Å²) in [5.74, 6) is -1.11. The number of fused-ring (bicyclic) bond motifs is 2. The molecule has 32 heavy (non-hydrogen) atoms. The Morgan fingerprint density at radius 3 is 2.41 bits per heavy atom. The maximum absolute atomic E-state index is 13.4. The van der Waals surface area contributed by atoms with Crippen molar-refractivity contribution in [3.8, 4) is 0 Å². The molecule has 2 aromatic rings. The van der Waals surface area contributed by atoms with Gasteiger partial charge in [-0.2, -0.15) is 0 Å². The number of nitrogens with zero attached hydrogens (tertiary/aromatic N) is 3. The van der Waals surface area contributed by atoms with Crippen LogP contribution in [0.25, 0.3) is 0 Å². The normalized spacial score (nSPS) is 24.4. The highest BCUT2D eigenvalue weighted by molar-refractivity contribution is 8.00. The number of thiazole rings is 1. The van der Waals surface area contributed by atoms with E-state index in [1.165, 1.54) is 21.2 Å². The number of hydrogen-bond acceptors (Lipinski definition) is 6. The van der Waals surface area contributed by atoms with Crippen LogP contribution in [0, 0.1) is 5.92 Å². The number of carbonyl (C=O) groups excluding carboxylic acids is 3. The van der Waals surface area contributed by atoms with E-state index in [0.717, 1.165) is 48.6 Å². The Morgan fingerprint density at radius 2 is 1.72 bits per heavy atom. The number of rotatable bonds is 3. The van der Waals surface area contributed by atoms with Gasteiger partial charge in [-0.25, -0.2) is 4.90 Å². The smallest absolute Gasteiger partial charge is 0.308 e. The molecule has 2 atom stereocenters. The zero-order valence-corrected chi connectivity index (χ0v) is 19.7. The molecule has 2 fully saturated rings. The Labute approximate surface area is 194 Å². The summed E-state index contributed by atoms with van der Waals surface area (Å²) in [4.78, 5) is 56.2. The van der Waals surface area contributed by atoms with Crippen molar-refractivity contribution in [2.75, 3.05) is 18.0 Å². The van der Waals surface area contributed by atoms with Crippen LogP contribution in [-0.2, 0) is 26.3 Å². The summed E-state index contributed by atoms with van der Waals surface area (Å²) in [6, 6.07) is 8.96. The Balaban J connectivity index is 1.50. The number of imide groups is 1. The first kappa shape index (κ1) is 21.5. The van der Waals surface area contributed by atoms with Gasteiger partial charge in [-0.15, -0.1) is 0 Å². The zero-order chi connectivity index (χ0) is 22.6. The molecule has 0 N–H and O–H groups in total. The van der Waals surface area contributed by atoms with E-state index in [1.54, 1.807) is 24.3 Å². The van der Waals surface area contributed by atoms with Gasteiger partial charge >= 0.3 is 4.87 Å². The van der Waals surface area contributed by atoms with Crippen LogP contribution >= 0.6 is 23.1 Å². The number of piperidine rings is 1. The maximum atomic E-state index is 13.4. The first-order valence-electron chi connectivity index (χ1n) is 10.9. The Morgan fingerprint density at radius 1 is 1.03 bits per heavy atom. The van der Waals surface area contributed by atoms with Crippen molar-refractivity contribution in [2.45, 2.75) is 55.3 Å². The van der Waals surface area contributed by atoms with E-state index in [9.17, 15) is 19.2 Å². The lowest BCUT2D eigenvalue weighted by molar-refractivity contribution is -0.133. The summed E-state index contributed by atoms with van der Waals surface area (Å²) in [5.41, 5.74) is -0.126. The number of amides is 3. The van der Waals surface area contributed by atoms with Gasteiger partial charge in [-0.1, -0.05) is 55.1 Å². The van der Waals surface area contributed by atoms with Crippen LogP contribution < -0.4 is 9.77 Å². The molecular formula is C23H25N3O4S2. The average molecular weight is 472 g/mol. The summed E-state index contributed by atoms with van der Waals surface area (Å²) in [7, 11) is 0. The second-order valence-corrected chi connectivity index (χ2v) is 11.2. The SMILES string of the molecule is CC1(C)c2sc(=O)n(CC(=O)N3CCCCC3)c2SC2C(=O)N(c3ccccc3)C(=O)C21. The second kappa shape index (κ2) is 7.88. The van der Waals surface area contributed by atoms with Gasteiger partial charge in [0.1, 0.15) is 11.8 Å². The third kappa shape index (κ3) is 3.25. The lowest BCUT2D eigenvalue weighted by atomic mass is 9.76. The first-order valence-corrected chi connectivity index (χ1v) is 12.6. The molecule has 0 saturated carbocycles. The summed E-state index contributed by atoms with van der Waals surface area (Å²) in [6.07, 6.45) is 3.10. The number of hydrogen-bond donors (Lipinski definition) is 0. The summed E-state index contributed by atoms with van der Waals surface area (Å²) < 4.78 is 1.52. The van der Waals surface area contributed by atoms with E-state index in [4.69, 9.17) is 0 Å². The topological polar surface area (TPSA) is 79.7 Å². The summed E-state index contributed by atoms with van der Waals surface area (Å²) in [5, 5.41) is 0.0446. The molecule has 3 aliphatic rings. The van der Waals surface area contributed by atoms with Crippen molar-refractivity contribution in [1.29, 1.82) is 0 Å². The Hall–Kier alpha value is -2.39.